The SMILES string of the molecule is CCCCP(CCCC)CCCC.c1ccc(CP(Cc2ccccc2)Cc2ccccc2)cc1. The van der Waals surface area contributed by atoms with Gasteiger partial charge < -0.3 is 0 Å². The Hall–Kier alpha value is -1.48. The van der Waals surface area contributed by atoms with Gasteiger partial charge in [0.1, 0.15) is 0 Å². The minimum absolute atomic E-state index is 0.0895. The lowest BCUT2D eigenvalue weighted by Crippen LogP contribution is -1.95. The van der Waals surface area contributed by atoms with E-state index in [2.05, 4.69) is 112 Å². The van der Waals surface area contributed by atoms with E-state index in [9.17, 15) is 0 Å². The highest BCUT2D eigenvalue weighted by atomic mass is 31.1. The lowest BCUT2D eigenvalue weighted by atomic mass is 10.2. The molecule has 35 heavy (non-hydrogen) atoms. The maximum atomic E-state index is 2.31. The Balaban J connectivity index is 0.000000287. The summed E-state index contributed by atoms with van der Waals surface area (Å²) in [6, 6.07) is 32.7. The molecule has 0 aromatic heterocycles. The highest BCUT2D eigenvalue weighted by molar-refractivity contribution is 7.57. The van der Waals surface area contributed by atoms with E-state index in [0.717, 1.165) is 0 Å². The van der Waals surface area contributed by atoms with Crippen molar-refractivity contribution in [1.82, 2.24) is 0 Å². The van der Waals surface area contributed by atoms with Crippen molar-refractivity contribution in [1.29, 1.82) is 0 Å². The molecular weight excluding hydrogens is 458 g/mol. The Morgan fingerprint density at radius 2 is 0.686 bits per heavy atom. The normalized spacial score (nSPS) is 10.9. The second-order valence-electron chi connectivity index (χ2n) is 9.50. The van der Waals surface area contributed by atoms with E-state index in [1.165, 1.54) is 73.7 Å². The number of rotatable bonds is 15. The monoisotopic (exact) mass is 506 g/mol. The van der Waals surface area contributed by atoms with Crippen LogP contribution in [0.4, 0.5) is 0 Å². The Morgan fingerprint density at radius 3 is 0.943 bits per heavy atom. The lowest BCUT2D eigenvalue weighted by molar-refractivity contribution is 0.847. The molecule has 3 rings (SSSR count). The first kappa shape index (κ1) is 29.7. The molecule has 2 heteroatoms. The Kier molecular flexibility index (Phi) is 16.7. The fourth-order valence-electron chi connectivity index (χ4n) is 4.17. The van der Waals surface area contributed by atoms with E-state index in [4.69, 9.17) is 0 Å². The summed E-state index contributed by atoms with van der Waals surface area (Å²) in [5, 5.41) is 0. The van der Waals surface area contributed by atoms with Crippen LogP contribution in [-0.4, -0.2) is 18.5 Å². The summed E-state index contributed by atoms with van der Waals surface area (Å²) in [7, 11) is 0.332. The molecule has 0 heterocycles. The Labute approximate surface area is 219 Å². The van der Waals surface area contributed by atoms with Crippen molar-refractivity contribution in [2.75, 3.05) is 18.5 Å². The van der Waals surface area contributed by atoms with Crippen molar-refractivity contribution in [2.45, 2.75) is 77.8 Å². The Bertz CT molecular complexity index is 730. The summed E-state index contributed by atoms with van der Waals surface area (Å²) in [5.74, 6) is 0. The van der Waals surface area contributed by atoms with Gasteiger partial charge in [-0.2, -0.15) is 0 Å². The molecule has 0 fully saturated rings. The van der Waals surface area contributed by atoms with Crippen LogP contribution in [0.15, 0.2) is 91.0 Å². The molecule has 3 aromatic rings. The van der Waals surface area contributed by atoms with Gasteiger partial charge in [-0.15, -0.1) is 7.92 Å². The van der Waals surface area contributed by atoms with Gasteiger partial charge in [0.15, 0.2) is 0 Å². The molecule has 0 aliphatic rings. The fraction of sp³-hybridized carbons (Fsp3) is 0.455. The molecule has 0 nitrogen and oxygen atoms in total. The summed E-state index contributed by atoms with van der Waals surface area (Å²) in [4.78, 5) is 0. The van der Waals surface area contributed by atoms with Crippen molar-refractivity contribution >= 4 is 15.8 Å². The summed E-state index contributed by atoms with van der Waals surface area (Å²) < 4.78 is 0. The molecule has 0 aliphatic heterocycles. The third kappa shape index (κ3) is 14.0. The molecule has 0 atom stereocenters. The van der Waals surface area contributed by atoms with Gasteiger partial charge in [0.25, 0.3) is 0 Å². The smallest absolute Gasteiger partial charge is 0.00671 e. The van der Waals surface area contributed by atoms with E-state index < -0.39 is 0 Å². The molecule has 0 saturated carbocycles. The minimum atomic E-state index is -0.0895. The summed E-state index contributed by atoms with van der Waals surface area (Å²) in [6.45, 7) is 6.94. The summed E-state index contributed by atoms with van der Waals surface area (Å²) >= 11 is 0. The molecule has 0 radical (unpaired) electrons. The van der Waals surface area contributed by atoms with Crippen molar-refractivity contribution in [2.24, 2.45) is 0 Å². The molecule has 0 aliphatic carbocycles. The number of unbranched alkanes of at least 4 members (excludes halogenated alkanes) is 3. The van der Waals surface area contributed by atoms with Crippen LogP contribution in [0.2, 0.25) is 0 Å². The maximum absolute atomic E-state index is 2.31. The molecule has 0 unspecified atom stereocenters. The van der Waals surface area contributed by atoms with Gasteiger partial charge in [0.2, 0.25) is 0 Å². The van der Waals surface area contributed by atoms with Gasteiger partial charge in [-0.1, -0.05) is 139 Å². The van der Waals surface area contributed by atoms with E-state index >= 15 is 0 Å². The molecule has 0 amide bonds. The van der Waals surface area contributed by atoms with Crippen LogP contribution in [0, 0.1) is 0 Å². The quantitative estimate of drug-likeness (QED) is 0.180. The van der Waals surface area contributed by atoms with Crippen molar-refractivity contribution < 1.29 is 0 Å². The number of benzene rings is 3. The molecule has 0 saturated heterocycles. The average Bonchev–Trinajstić information content (AvgIpc) is 2.90. The molecule has 0 N–H and O–H groups in total. The zero-order chi connectivity index (χ0) is 25.0. The summed E-state index contributed by atoms with van der Waals surface area (Å²) in [6.07, 6.45) is 16.8. The van der Waals surface area contributed by atoms with Gasteiger partial charge in [-0.05, 0) is 72.9 Å². The second kappa shape index (κ2) is 19.7. The number of hydrogen-bond donors (Lipinski definition) is 0. The highest BCUT2D eigenvalue weighted by Gasteiger charge is 2.11. The topological polar surface area (TPSA) is 0 Å². The van der Waals surface area contributed by atoms with Crippen LogP contribution in [0.25, 0.3) is 0 Å². The third-order valence-electron chi connectivity index (χ3n) is 6.23. The van der Waals surface area contributed by atoms with Gasteiger partial charge in [-0.25, -0.2) is 0 Å². The third-order valence-corrected chi connectivity index (χ3v) is 11.5. The minimum Gasteiger partial charge on any atom is -0.107 e. The zero-order valence-electron chi connectivity index (χ0n) is 22.5. The average molecular weight is 507 g/mol. The predicted molar refractivity (Wildman–Crippen MR) is 164 cm³/mol. The standard InChI is InChI=1S/C21H21P.C12H27P/c1-4-10-19(11-5-1)16-22(17-20-12-6-2-7-13-20)18-21-14-8-3-9-15-21;1-4-7-10-13(11-8-5-2)12-9-6-3/h1-15H,16-18H2;4-12H2,1-3H3. The number of hydrogen-bond acceptors (Lipinski definition) is 0. The Morgan fingerprint density at radius 1 is 0.400 bits per heavy atom. The van der Waals surface area contributed by atoms with Gasteiger partial charge >= 0.3 is 0 Å². The van der Waals surface area contributed by atoms with Crippen LogP contribution in [0.5, 0.6) is 0 Å². The fourth-order valence-corrected chi connectivity index (χ4v) is 9.65. The maximum Gasteiger partial charge on any atom is -0.00671 e. The zero-order valence-corrected chi connectivity index (χ0v) is 24.3. The van der Waals surface area contributed by atoms with Gasteiger partial charge in [-0.3, -0.25) is 0 Å². The van der Waals surface area contributed by atoms with Crippen LogP contribution in [0.1, 0.15) is 76.0 Å². The van der Waals surface area contributed by atoms with E-state index in [-0.39, 0.29) is 7.92 Å². The second-order valence-corrected chi connectivity index (χ2v) is 14.5. The molecule has 190 valence electrons. The van der Waals surface area contributed by atoms with Crippen LogP contribution < -0.4 is 0 Å². The van der Waals surface area contributed by atoms with Crippen LogP contribution in [-0.2, 0) is 18.5 Å². The van der Waals surface area contributed by atoms with Crippen LogP contribution >= 0.6 is 15.8 Å². The van der Waals surface area contributed by atoms with Crippen LogP contribution in [0.3, 0.4) is 0 Å². The molecular formula is C33H48P2. The van der Waals surface area contributed by atoms with Gasteiger partial charge in [0.05, 0.1) is 0 Å². The highest BCUT2D eigenvalue weighted by Crippen LogP contribution is 2.46. The first-order valence-electron chi connectivity index (χ1n) is 13.8. The van der Waals surface area contributed by atoms with Crippen molar-refractivity contribution in [3.63, 3.8) is 0 Å². The van der Waals surface area contributed by atoms with E-state index in [1.54, 1.807) is 18.5 Å². The predicted octanol–water partition coefficient (Wildman–Crippen LogP) is 10.9. The van der Waals surface area contributed by atoms with E-state index in [0.29, 0.717) is 7.92 Å². The first-order chi connectivity index (χ1) is 17.2. The molecule has 3 aromatic carbocycles. The van der Waals surface area contributed by atoms with Crippen molar-refractivity contribution in [3.8, 4) is 0 Å². The molecule has 0 bridgehead atoms. The van der Waals surface area contributed by atoms with Gasteiger partial charge in [0, 0.05) is 0 Å². The first-order valence-corrected chi connectivity index (χ1v) is 17.6. The molecule has 0 spiro atoms. The van der Waals surface area contributed by atoms with Crippen molar-refractivity contribution in [3.05, 3.63) is 108 Å². The summed E-state index contributed by atoms with van der Waals surface area (Å²) in [5.41, 5.74) is 4.38. The van der Waals surface area contributed by atoms with E-state index in [1.807, 2.05) is 0 Å². The lowest BCUT2D eigenvalue weighted by Gasteiger charge is -2.18. The largest absolute Gasteiger partial charge is 0.107 e.